The number of ether oxygens (including phenoxy) is 1. The molecule has 2 aromatic carbocycles. The zero-order valence-electron chi connectivity index (χ0n) is 11.3. The molecule has 0 amide bonds. The fraction of sp³-hybridized carbons (Fsp3) is 0.0625. The van der Waals surface area contributed by atoms with Crippen molar-refractivity contribution in [1.82, 2.24) is 9.78 Å². The standard InChI is InChI=1S/C16H13BrN2O2/c1-21-13-9-7-12(8-10-13)19-16(20)14(17)15(18-19)11-5-3-2-4-6-11/h2-10,18H,1H3. The van der Waals surface area contributed by atoms with Gasteiger partial charge in [0.15, 0.2) is 0 Å². The summed E-state index contributed by atoms with van der Waals surface area (Å²) in [6, 6.07) is 17.0. The van der Waals surface area contributed by atoms with Crippen LogP contribution in [0.15, 0.2) is 63.9 Å². The average molecular weight is 345 g/mol. The zero-order chi connectivity index (χ0) is 14.8. The number of H-pyrrole nitrogens is 1. The van der Waals surface area contributed by atoms with Crippen molar-refractivity contribution in [3.8, 4) is 22.7 Å². The van der Waals surface area contributed by atoms with Gasteiger partial charge in [0.1, 0.15) is 10.2 Å². The number of hydrogen-bond acceptors (Lipinski definition) is 2. The zero-order valence-corrected chi connectivity index (χ0v) is 12.9. The number of methoxy groups -OCH3 is 1. The van der Waals surface area contributed by atoms with Crippen LogP contribution in [0.1, 0.15) is 0 Å². The predicted molar refractivity (Wildman–Crippen MR) is 86.1 cm³/mol. The quantitative estimate of drug-likeness (QED) is 0.788. The molecule has 5 heteroatoms. The Morgan fingerprint density at radius 1 is 1.05 bits per heavy atom. The summed E-state index contributed by atoms with van der Waals surface area (Å²) in [5.41, 5.74) is 2.34. The molecule has 1 aromatic heterocycles. The van der Waals surface area contributed by atoms with E-state index >= 15 is 0 Å². The highest BCUT2D eigenvalue weighted by Crippen LogP contribution is 2.24. The van der Waals surface area contributed by atoms with Crippen LogP contribution in [-0.2, 0) is 0 Å². The molecule has 0 unspecified atom stereocenters. The van der Waals surface area contributed by atoms with E-state index in [1.807, 2.05) is 54.6 Å². The Bertz CT molecular complexity index is 805. The molecule has 0 aliphatic carbocycles. The Morgan fingerprint density at radius 2 is 1.71 bits per heavy atom. The molecule has 0 aliphatic rings. The van der Waals surface area contributed by atoms with Gasteiger partial charge in [-0.25, -0.2) is 4.68 Å². The predicted octanol–water partition coefficient (Wildman–Crippen LogP) is 3.60. The average Bonchev–Trinajstić information content (AvgIpc) is 2.84. The maximum Gasteiger partial charge on any atom is 0.286 e. The minimum Gasteiger partial charge on any atom is -0.497 e. The number of benzene rings is 2. The molecule has 3 aromatic rings. The van der Waals surface area contributed by atoms with E-state index in [0.29, 0.717) is 4.47 Å². The van der Waals surface area contributed by atoms with E-state index in [1.54, 1.807) is 7.11 Å². The third kappa shape index (κ3) is 2.52. The van der Waals surface area contributed by atoms with E-state index in [9.17, 15) is 4.79 Å². The highest BCUT2D eigenvalue weighted by Gasteiger charge is 2.14. The number of hydrogen-bond donors (Lipinski definition) is 1. The number of aromatic nitrogens is 2. The number of nitrogens with one attached hydrogen (secondary N) is 1. The van der Waals surface area contributed by atoms with Gasteiger partial charge < -0.3 is 4.74 Å². The van der Waals surface area contributed by atoms with E-state index in [2.05, 4.69) is 21.0 Å². The maximum atomic E-state index is 12.4. The van der Waals surface area contributed by atoms with Gasteiger partial charge in [-0.1, -0.05) is 30.3 Å². The lowest BCUT2D eigenvalue weighted by Gasteiger charge is -2.04. The van der Waals surface area contributed by atoms with Crippen LogP contribution in [0, 0.1) is 0 Å². The van der Waals surface area contributed by atoms with Crippen molar-refractivity contribution in [2.24, 2.45) is 0 Å². The van der Waals surface area contributed by atoms with Gasteiger partial charge in [-0.3, -0.25) is 9.89 Å². The topological polar surface area (TPSA) is 47.0 Å². The molecule has 0 atom stereocenters. The first kappa shape index (κ1) is 13.7. The minimum absolute atomic E-state index is 0.126. The first-order valence-corrected chi connectivity index (χ1v) is 7.20. The van der Waals surface area contributed by atoms with Gasteiger partial charge >= 0.3 is 0 Å². The summed E-state index contributed by atoms with van der Waals surface area (Å²) in [7, 11) is 1.61. The second kappa shape index (κ2) is 5.61. The Morgan fingerprint density at radius 3 is 2.33 bits per heavy atom. The van der Waals surface area contributed by atoms with Crippen molar-refractivity contribution in [3.05, 3.63) is 69.4 Å². The molecular weight excluding hydrogens is 332 g/mol. The Balaban J connectivity index is 2.10. The van der Waals surface area contributed by atoms with Crippen molar-refractivity contribution in [1.29, 1.82) is 0 Å². The fourth-order valence-corrected chi connectivity index (χ4v) is 2.62. The van der Waals surface area contributed by atoms with Crippen molar-refractivity contribution < 1.29 is 4.74 Å². The molecular formula is C16H13BrN2O2. The van der Waals surface area contributed by atoms with E-state index in [0.717, 1.165) is 22.7 Å². The molecule has 0 fully saturated rings. The van der Waals surface area contributed by atoms with Gasteiger partial charge in [-0.2, -0.15) is 0 Å². The van der Waals surface area contributed by atoms with E-state index in [1.165, 1.54) is 4.68 Å². The fourth-order valence-electron chi connectivity index (χ4n) is 2.13. The normalized spacial score (nSPS) is 10.6. The van der Waals surface area contributed by atoms with Crippen molar-refractivity contribution >= 4 is 15.9 Å². The third-order valence-electron chi connectivity index (χ3n) is 3.23. The van der Waals surface area contributed by atoms with Crippen LogP contribution in [0.2, 0.25) is 0 Å². The van der Waals surface area contributed by atoms with Crippen LogP contribution in [-0.4, -0.2) is 16.9 Å². The summed E-state index contributed by atoms with van der Waals surface area (Å²) < 4.78 is 7.15. The Kier molecular flexibility index (Phi) is 3.66. The molecule has 0 saturated heterocycles. The smallest absolute Gasteiger partial charge is 0.286 e. The first-order chi connectivity index (χ1) is 10.2. The summed E-state index contributed by atoms with van der Waals surface area (Å²) in [6.07, 6.45) is 0. The van der Waals surface area contributed by atoms with Gasteiger partial charge in [0.05, 0.1) is 18.5 Å². The molecule has 0 aliphatic heterocycles. The molecule has 3 rings (SSSR count). The van der Waals surface area contributed by atoms with Crippen molar-refractivity contribution in [2.75, 3.05) is 7.11 Å². The molecule has 0 spiro atoms. The monoisotopic (exact) mass is 344 g/mol. The van der Waals surface area contributed by atoms with E-state index in [-0.39, 0.29) is 5.56 Å². The van der Waals surface area contributed by atoms with Crippen LogP contribution in [0.5, 0.6) is 5.75 Å². The summed E-state index contributed by atoms with van der Waals surface area (Å²) in [5, 5.41) is 3.14. The molecule has 0 radical (unpaired) electrons. The van der Waals surface area contributed by atoms with Crippen molar-refractivity contribution in [3.63, 3.8) is 0 Å². The molecule has 106 valence electrons. The second-order valence-corrected chi connectivity index (χ2v) is 5.30. The molecule has 0 saturated carbocycles. The lowest BCUT2D eigenvalue weighted by Crippen LogP contribution is -2.14. The summed E-state index contributed by atoms with van der Waals surface area (Å²) in [4.78, 5) is 12.4. The SMILES string of the molecule is COc1ccc(-n2[nH]c(-c3ccccc3)c(Br)c2=O)cc1. The summed E-state index contributed by atoms with van der Waals surface area (Å²) in [6.45, 7) is 0. The van der Waals surface area contributed by atoms with Gasteiger partial charge in [-0.05, 0) is 40.2 Å². The maximum absolute atomic E-state index is 12.4. The van der Waals surface area contributed by atoms with Crippen LogP contribution in [0.3, 0.4) is 0 Å². The number of aromatic amines is 1. The highest BCUT2D eigenvalue weighted by atomic mass is 79.9. The lowest BCUT2D eigenvalue weighted by atomic mass is 10.2. The van der Waals surface area contributed by atoms with Gasteiger partial charge in [0.2, 0.25) is 0 Å². The van der Waals surface area contributed by atoms with Gasteiger partial charge in [0.25, 0.3) is 5.56 Å². The molecule has 1 N–H and O–H groups in total. The summed E-state index contributed by atoms with van der Waals surface area (Å²) >= 11 is 3.37. The Hall–Kier alpha value is -2.27. The van der Waals surface area contributed by atoms with Crippen LogP contribution in [0.4, 0.5) is 0 Å². The molecule has 21 heavy (non-hydrogen) atoms. The van der Waals surface area contributed by atoms with E-state index < -0.39 is 0 Å². The van der Waals surface area contributed by atoms with Gasteiger partial charge in [-0.15, -0.1) is 0 Å². The molecule has 0 bridgehead atoms. The van der Waals surface area contributed by atoms with Gasteiger partial charge in [0, 0.05) is 5.56 Å². The largest absolute Gasteiger partial charge is 0.497 e. The number of nitrogens with zero attached hydrogens (tertiary/aromatic N) is 1. The molecule has 1 heterocycles. The van der Waals surface area contributed by atoms with Crippen molar-refractivity contribution in [2.45, 2.75) is 0 Å². The van der Waals surface area contributed by atoms with Crippen LogP contribution >= 0.6 is 15.9 Å². The second-order valence-electron chi connectivity index (χ2n) is 4.51. The highest BCUT2D eigenvalue weighted by molar-refractivity contribution is 9.10. The first-order valence-electron chi connectivity index (χ1n) is 6.41. The number of halogens is 1. The Labute approximate surface area is 130 Å². The minimum atomic E-state index is -0.126. The number of rotatable bonds is 3. The van der Waals surface area contributed by atoms with E-state index in [4.69, 9.17) is 4.74 Å². The third-order valence-corrected chi connectivity index (χ3v) is 3.96. The van der Waals surface area contributed by atoms with Crippen LogP contribution < -0.4 is 10.3 Å². The molecule has 4 nitrogen and oxygen atoms in total. The van der Waals surface area contributed by atoms with Crippen LogP contribution in [0.25, 0.3) is 16.9 Å². The summed E-state index contributed by atoms with van der Waals surface area (Å²) in [5.74, 6) is 0.751. The lowest BCUT2D eigenvalue weighted by molar-refractivity contribution is 0.414.